The second kappa shape index (κ2) is 7.79. The normalized spacial score (nSPS) is 11.6. The predicted octanol–water partition coefficient (Wildman–Crippen LogP) is 4.42. The van der Waals surface area contributed by atoms with Crippen LogP contribution in [0, 0.1) is 0 Å². The van der Waals surface area contributed by atoms with Crippen molar-refractivity contribution >= 4 is 22.9 Å². The van der Waals surface area contributed by atoms with E-state index < -0.39 is 17.8 Å². The van der Waals surface area contributed by atoms with Crippen LogP contribution in [0.5, 0.6) is 5.75 Å². The van der Waals surface area contributed by atoms with Crippen LogP contribution >= 0.6 is 11.3 Å². The maximum atomic E-state index is 13.7. The highest BCUT2D eigenvalue weighted by Crippen LogP contribution is 2.33. The van der Waals surface area contributed by atoms with Crippen LogP contribution in [-0.2, 0) is 12.7 Å². The number of rotatable bonds is 5. The van der Waals surface area contributed by atoms with Gasteiger partial charge in [-0.05, 0) is 41.8 Å². The van der Waals surface area contributed by atoms with Gasteiger partial charge >= 0.3 is 6.18 Å². The van der Waals surface area contributed by atoms with Crippen molar-refractivity contribution in [2.24, 2.45) is 0 Å². The van der Waals surface area contributed by atoms with Crippen molar-refractivity contribution in [2.45, 2.75) is 12.7 Å². The molecule has 10 heteroatoms. The summed E-state index contributed by atoms with van der Waals surface area (Å²) in [6, 6.07) is 11.1. The lowest BCUT2D eigenvalue weighted by Crippen LogP contribution is -2.22. The van der Waals surface area contributed by atoms with E-state index in [4.69, 9.17) is 4.74 Å². The van der Waals surface area contributed by atoms with E-state index in [9.17, 15) is 18.0 Å². The molecule has 0 radical (unpaired) electrons. The van der Waals surface area contributed by atoms with Crippen molar-refractivity contribution < 1.29 is 22.7 Å². The maximum Gasteiger partial charge on any atom is 0.433 e. The lowest BCUT2D eigenvalue weighted by Gasteiger charge is -2.12. The van der Waals surface area contributed by atoms with Gasteiger partial charge in [-0.3, -0.25) is 4.79 Å². The number of carbonyl (C=O) groups excluding carboxylic acids is 1. The maximum absolute atomic E-state index is 13.7. The summed E-state index contributed by atoms with van der Waals surface area (Å²) < 4.78 is 46.7. The van der Waals surface area contributed by atoms with Crippen LogP contribution in [0.2, 0.25) is 0 Å². The first kappa shape index (κ1) is 19.9. The van der Waals surface area contributed by atoms with E-state index in [0.29, 0.717) is 15.8 Å². The van der Waals surface area contributed by atoms with Crippen LogP contribution < -0.4 is 10.1 Å². The molecule has 3 aromatic heterocycles. The molecule has 1 N–H and O–H groups in total. The molecule has 0 aliphatic carbocycles. The molecule has 0 spiro atoms. The van der Waals surface area contributed by atoms with Gasteiger partial charge in [0.2, 0.25) is 0 Å². The van der Waals surface area contributed by atoms with Crippen LogP contribution in [0.1, 0.15) is 20.9 Å². The van der Waals surface area contributed by atoms with Gasteiger partial charge in [0.25, 0.3) is 5.91 Å². The highest BCUT2D eigenvalue weighted by molar-refractivity contribution is 7.09. The third kappa shape index (κ3) is 3.86. The standard InChI is InChI=1S/C20H15F3N4O2S/c1-29-13-6-4-12(5-7-13)16-9-17(20(21,22)23)27-18(26-16)15(11-25-27)19(28)24-10-14-3-2-8-30-14/h2-9,11H,10H2,1H3,(H,24,28). The molecule has 4 rings (SSSR count). The number of amides is 1. The van der Waals surface area contributed by atoms with Gasteiger partial charge in [0, 0.05) is 10.4 Å². The molecule has 0 aliphatic heterocycles. The van der Waals surface area contributed by atoms with Gasteiger partial charge in [-0.2, -0.15) is 18.3 Å². The Morgan fingerprint density at radius 1 is 1.23 bits per heavy atom. The Labute approximate surface area is 172 Å². The molecule has 0 unspecified atom stereocenters. The lowest BCUT2D eigenvalue weighted by atomic mass is 10.1. The molecule has 154 valence electrons. The summed E-state index contributed by atoms with van der Waals surface area (Å²) in [6.07, 6.45) is -3.59. The van der Waals surface area contributed by atoms with Crippen molar-refractivity contribution in [2.75, 3.05) is 7.11 Å². The second-order valence-electron chi connectivity index (χ2n) is 6.31. The number of carbonyl (C=O) groups is 1. The number of benzene rings is 1. The van der Waals surface area contributed by atoms with Gasteiger partial charge in [-0.15, -0.1) is 11.3 Å². The number of hydrogen-bond donors (Lipinski definition) is 1. The van der Waals surface area contributed by atoms with Crippen molar-refractivity contribution in [3.8, 4) is 17.0 Å². The van der Waals surface area contributed by atoms with Gasteiger partial charge < -0.3 is 10.1 Å². The fourth-order valence-electron chi connectivity index (χ4n) is 2.91. The average molecular weight is 432 g/mol. The highest BCUT2D eigenvalue weighted by Gasteiger charge is 2.36. The van der Waals surface area contributed by atoms with Gasteiger partial charge in [-0.1, -0.05) is 6.07 Å². The molecule has 0 bridgehead atoms. The van der Waals surface area contributed by atoms with E-state index in [1.807, 2.05) is 17.5 Å². The smallest absolute Gasteiger partial charge is 0.433 e. The number of halogens is 3. The molecular formula is C20H15F3N4O2S. The first-order valence-corrected chi connectivity index (χ1v) is 9.66. The molecule has 4 aromatic rings. The van der Waals surface area contributed by atoms with Gasteiger partial charge in [-0.25, -0.2) is 9.50 Å². The van der Waals surface area contributed by atoms with E-state index in [2.05, 4.69) is 15.4 Å². The summed E-state index contributed by atoms with van der Waals surface area (Å²) in [5.74, 6) is 0.0137. The van der Waals surface area contributed by atoms with Crippen LogP contribution in [-0.4, -0.2) is 27.6 Å². The van der Waals surface area contributed by atoms with Crippen molar-refractivity contribution in [3.63, 3.8) is 0 Å². The van der Waals surface area contributed by atoms with Crippen molar-refractivity contribution in [1.29, 1.82) is 0 Å². The Kier molecular flexibility index (Phi) is 5.17. The van der Waals surface area contributed by atoms with Gasteiger partial charge in [0.15, 0.2) is 11.3 Å². The van der Waals surface area contributed by atoms with E-state index >= 15 is 0 Å². The molecular weight excluding hydrogens is 417 g/mol. The van der Waals surface area contributed by atoms with E-state index in [-0.39, 0.29) is 23.4 Å². The summed E-state index contributed by atoms with van der Waals surface area (Å²) in [5, 5.41) is 8.33. The predicted molar refractivity (Wildman–Crippen MR) is 105 cm³/mol. The topological polar surface area (TPSA) is 68.5 Å². The molecule has 3 heterocycles. The summed E-state index contributed by atoms with van der Waals surface area (Å²) in [6.45, 7) is 0.262. The second-order valence-corrected chi connectivity index (χ2v) is 7.34. The number of hydrogen-bond acceptors (Lipinski definition) is 5. The third-order valence-electron chi connectivity index (χ3n) is 4.40. The minimum absolute atomic E-state index is 0.0348. The fraction of sp³-hybridized carbons (Fsp3) is 0.150. The molecule has 0 saturated heterocycles. The zero-order valence-electron chi connectivity index (χ0n) is 15.6. The van der Waals surface area contributed by atoms with Gasteiger partial charge in [0.1, 0.15) is 11.3 Å². The van der Waals surface area contributed by atoms with Crippen LogP contribution in [0.15, 0.2) is 54.0 Å². The zero-order chi connectivity index (χ0) is 21.3. The molecule has 6 nitrogen and oxygen atoms in total. The number of thiophene rings is 1. The largest absolute Gasteiger partial charge is 0.497 e. The third-order valence-corrected chi connectivity index (χ3v) is 5.27. The number of aromatic nitrogens is 3. The number of ether oxygens (including phenoxy) is 1. The first-order chi connectivity index (χ1) is 14.4. The Morgan fingerprint density at radius 3 is 2.63 bits per heavy atom. The number of nitrogens with zero attached hydrogens (tertiary/aromatic N) is 3. The molecule has 1 amide bonds. The Bertz CT molecular complexity index is 1190. The number of nitrogens with one attached hydrogen (secondary N) is 1. The minimum Gasteiger partial charge on any atom is -0.497 e. The van der Waals surface area contributed by atoms with Crippen molar-refractivity contribution in [3.05, 3.63) is 70.2 Å². The summed E-state index contributed by atoms with van der Waals surface area (Å²) >= 11 is 1.46. The molecule has 1 aromatic carbocycles. The highest BCUT2D eigenvalue weighted by atomic mass is 32.1. The number of alkyl halides is 3. The summed E-state index contributed by atoms with van der Waals surface area (Å²) in [5.41, 5.74) is -0.692. The number of methoxy groups -OCH3 is 1. The van der Waals surface area contributed by atoms with Crippen LogP contribution in [0.25, 0.3) is 16.9 Å². The SMILES string of the molecule is COc1ccc(-c2cc(C(F)(F)F)n3ncc(C(=O)NCc4cccs4)c3n2)cc1. The molecule has 30 heavy (non-hydrogen) atoms. The van der Waals surface area contributed by atoms with Gasteiger partial charge in [0.05, 0.1) is 25.5 Å². The molecule has 0 fully saturated rings. The van der Waals surface area contributed by atoms with Crippen molar-refractivity contribution in [1.82, 2.24) is 19.9 Å². The molecule has 0 saturated carbocycles. The van der Waals surface area contributed by atoms with Crippen LogP contribution in [0.4, 0.5) is 13.2 Å². The fourth-order valence-corrected chi connectivity index (χ4v) is 3.55. The lowest BCUT2D eigenvalue weighted by molar-refractivity contribution is -0.142. The van der Waals surface area contributed by atoms with E-state index in [1.54, 1.807) is 24.3 Å². The average Bonchev–Trinajstić information content (AvgIpc) is 3.40. The molecule has 0 atom stereocenters. The zero-order valence-corrected chi connectivity index (χ0v) is 16.4. The van der Waals surface area contributed by atoms with E-state index in [1.165, 1.54) is 18.4 Å². The number of fused-ring (bicyclic) bond motifs is 1. The van der Waals surface area contributed by atoms with E-state index in [0.717, 1.165) is 17.1 Å². The first-order valence-electron chi connectivity index (χ1n) is 8.78. The Balaban J connectivity index is 1.77. The monoisotopic (exact) mass is 432 g/mol. The quantitative estimate of drug-likeness (QED) is 0.507. The Morgan fingerprint density at radius 2 is 2.00 bits per heavy atom. The summed E-state index contributed by atoms with van der Waals surface area (Å²) in [7, 11) is 1.49. The summed E-state index contributed by atoms with van der Waals surface area (Å²) in [4.78, 5) is 17.8. The Hall–Kier alpha value is -3.40. The molecule has 0 aliphatic rings. The van der Waals surface area contributed by atoms with Crippen LogP contribution in [0.3, 0.4) is 0 Å². The minimum atomic E-state index is -4.68.